The zero-order valence-electron chi connectivity index (χ0n) is 7.13. The second kappa shape index (κ2) is 3.76. The molecule has 2 nitrogen and oxygen atoms in total. The van der Waals surface area contributed by atoms with Crippen LogP contribution in [0, 0.1) is 0 Å². The first kappa shape index (κ1) is 9.33. The van der Waals surface area contributed by atoms with Gasteiger partial charge in [-0.2, -0.15) is 0 Å². The number of hydrogen-bond acceptors (Lipinski definition) is 2. The highest BCUT2D eigenvalue weighted by Gasteiger charge is 2.16. The zero-order chi connectivity index (χ0) is 9.14. The van der Waals surface area contributed by atoms with Crippen molar-refractivity contribution >= 4 is 17.6 Å². The van der Waals surface area contributed by atoms with E-state index in [4.69, 9.17) is 11.6 Å². The number of hydrogen-bond donors (Lipinski definition) is 0. The molecule has 0 spiro atoms. The van der Waals surface area contributed by atoms with E-state index in [1.165, 1.54) is 7.11 Å². The highest BCUT2D eigenvalue weighted by molar-refractivity contribution is 6.22. The average molecular weight is 187 g/mol. The van der Waals surface area contributed by atoms with Crippen LogP contribution in [-0.4, -0.2) is 18.5 Å². The summed E-state index contributed by atoms with van der Waals surface area (Å²) in [5, 5.41) is 0.0124. The van der Waals surface area contributed by atoms with Gasteiger partial charge in [-0.3, -0.25) is 0 Å². The third-order valence-electron chi connectivity index (χ3n) is 1.84. The predicted molar refractivity (Wildman–Crippen MR) is 48.1 cm³/mol. The highest BCUT2D eigenvalue weighted by Crippen LogP contribution is 2.22. The summed E-state index contributed by atoms with van der Waals surface area (Å²) in [6, 6.07) is 0. The van der Waals surface area contributed by atoms with Gasteiger partial charge in [0.1, 0.15) is 0 Å². The second-order valence-corrected chi connectivity index (χ2v) is 3.33. The number of rotatable bonds is 1. The van der Waals surface area contributed by atoms with E-state index < -0.39 is 0 Å². The molecule has 1 aliphatic rings. The van der Waals surface area contributed by atoms with Crippen LogP contribution < -0.4 is 0 Å². The third-order valence-corrected chi connectivity index (χ3v) is 2.14. The molecule has 66 valence electrons. The molecule has 0 aromatic carbocycles. The first-order valence-electron chi connectivity index (χ1n) is 3.75. The molecule has 0 N–H and O–H groups in total. The Kier molecular flexibility index (Phi) is 2.93. The lowest BCUT2D eigenvalue weighted by Gasteiger charge is -2.13. The van der Waals surface area contributed by atoms with Crippen LogP contribution in [0.2, 0.25) is 0 Å². The Morgan fingerprint density at radius 2 is 2.42 bits per heavy atom. The SMILES string of the molecule is COC(=O)C1=C(C)CC(Cl)C=C1. The molecule has 0 amide bonds. The summed E-state index contributed by atoms with van der Waals surface area (Å²) >= 11 is 5.85. The van der Waals surface area contributed by atoms with E-state index in [9.17, 15) is 4.79 Å². The van der Waals surface area contributed by atoms with Gasteiger partial charge < -0.3 is 4.74 Å². The Morgan fingerprint density at radius 1 is 1.75 bits per heavy atom. The van der Waals surface area contributed by atoms with E-state index in [0.29, 0.717) is 5.57 Å². The summed E-state index contributed by atoms with van der Waals surface area (Å²) in [7, 11) is 1.38. The maximum Gasteiger partial charge on any atom is 0.337 e. The van der Waals surface area contributed by atoms with E-state index in [1.54, 1.807) is 12.2 Å². The molecule has 0 heterocycles. The topological polar surface area (TPSA) is 26.3 Å². The standard InChI is InChI=1S/C9H11ClO2/c1-6-5-7(10)3-4-8(6)9(11)12-2/h3-4,7H,5H2,1-2H3. The Bertz CT molecular complexity index is 253. The van der Waals surface area contributed by atoms with Gasteiger partial charge in [0.25, 0.3) is 0 Å². The van der Waals surface area contributed by atoms with Gasteiger partial charge in [0, 0.05) is 0 Å². The van der Waals surface area contributed by atoms with Gasteiger partial charge in [-0.05, 0) is 13.3 Å². The Balaban J connectivity index is 2.84. The summed E-state index contributed by atoms with van der Waals surface area (Å²) in [4.78, 5) is 11.1. The van der Waals surface area contributed by atoms with Crippen molar-refractivity contribution in [2.45, 2.75) is 18.7 Å². The molecule has 0 bridgehead atoms. The molecule has 0 fully saturated rings. The number of alkyl halides is 1. The molecule has 12 heavy (non-hydrogen) atoms. The van der Waals surface area contributed by atoms with Gasteiger partial charge in [0.15, 0.2) is 0 Å². The Morgan fingerprint density at radius 3 is 2.92 bits per heavy atom. The van der Waals surface area contributed by atoms with E-state index in [1.807, 2.05) is 6.92 Å². The normalized spacial score (nSPS) is 22.8. The molecule has 0 aromatic heterocycles. The van der Waals surface area contributed by atoms with Crippen molar-refractivity contribution in [3.8, 4) is 0 Å². The minimum Gasteiger partial charge on any atom is -0.465 e. The van der Waals surface area contributed by atoms with Crippen LogP contribution in [0.15, 0.2) is 23.3 Å². The summed E-state index contributed by atoms with van der Waals surface area (Å²) in [6.07, 6.45) is 4.26. The zero-order valence-corrected chi connectivity index (χ0v) is 7.89. The van der Waals surface area contributed by atoms with Gasteiger partial charge in [0.2, 0.25) is 0 Å². The van der Waals surface area contributed by atoms with Gasteiger partial charge in [-0.25, -0.2) is 4.79 Å². The number of carbonyl (C=O) groups excluding carboxylic acids is 1. The lowest BCUT2D eigenvalue weighted by atomic mass is 9.99. The summed E-state index contributed by atoms with van der Waals surface area (Å²) in [5.74, 6) is -0.285. The lowest BCUT2D eigenvalue weighted by molar-refractivity contribution is -0.135. The molecular formula is C9H11ClO2. The van der Waals surface area contributed by atoms with Crippen molar-refractivity contribution in [1.29, 1.82) is 0 Å². The van der Waals surface area contributed by atoms with Crippen molar-refractivity contribution in [3.05, 3.63) is 23.3 Å². The Hall–Kier alpha value is -0.760. The number of carbonyl (C=O) groups is 1. The molecule has 0 radical (unpaired) electrons. The third kappa shape index (κ3) is 1.89. The summed E-state index contributed by atoms with van der Waals surface area (Å²) in [5.41, 5.74) is 1.62. The maximum absolute atomic E-state index is 11.1. The van der Waals surface area contributed by atoms with Crippen LogP contribution in [0.3, 0.4) is 0 Å². The van der Waals surface area contributed by atoms with Gasteiger partial charge in [-0.1, -0.05) is 17.7 Å². The molecule has 0 aromatic rings. The Labute approximate surface area is 76.9 Å². The van der Waals surface area contributed by atoms with Gasteiger partial charge in [-0.15, -0.1) is 11.6 Å². The fraction of sp³-hybridized carbons (Fsp3) is 0.444. The fourth-order valence-corrected chi connectivity index (χ4v) is 1.47. The molecule has 1 aliphatic carbocycles. The van der Waals surface area contributed by atoms with Crippen molar-refractivity contribution in [2.24, 2.45) is 0 Å². The fourth-order valence-electron chi connectivity index (χ4n) is 1.17. The van der Waals surface area contributed by atoms with Gasteiger partial charge in [0.05, 0.1) is 18.1 Å². The van der Waals surface area contributed by atoms with Crippen LogP contribution in [0.4, 0.5) is 0 Å². The number of allylic oxidation sites excluding steroid dienone is 2. The van der Waals surface area contributed by atoms with Crippen molar-refractivity contribution < 1.29 is 9.53 Å². The van der Waals surface area contributed by atoms with E-state index in [-0.39, 0.29) is 11.3 Å². The van der Waals surface area contributed by atoms with Crippen LogP contribution >= 0.6 is 11.6 Å². The molecule has 3 heteroatoms. The smallest absolute Gasteiger partial charge is 0.337 e. The number of ether oxygens (including phenoxy) is 1. The van der Waals surface area contributed by atoms with E-state index in [2.05, 4.69) is 4.74 Å². The molecule has 1 unspecified atom stereocenters. The molecule has 0 aliphatic heterocycles. The minimum absolute atomic E-state index is 0.0124. The van der Waals surface area contributed by atoms with Crippen LogP contribution in [0.25, 0.3) is 0 Å². The molecular weight excluding hydrogens is 176 g/mol. The summed E-state index contributed by atoms with van der Waals surface area (Å²) in [6.45, 7) is 1.89. The summed E-state index contributed by atoms with van der Waals surface area (Å²) < 4.78 is 4.60. The molecule has 0 saturated carbocycles. The number of halogens is 1. The molecule has 1 rings (SSSR count). The van der Waals surface area contributed by atoms with E-state index >= 15 is 0 Å². The number of esters is 1. The van der Waals surface area contributed by atoms with E-state index in [0.717, 1.165) is 12.0 Å². The van der Waals surface area contributed by atoms with Crippen LogP contribution in [0.1, 0.15) is 13.3 Å². The first-order valence-corrected chi connectivity index (χ1v) is 4.19. The van der Waals surface area contributed by atoms with Crippen molar-refractivity contribution in [2.75, 3.05) is 7.11 Å². The minimum atomic E-state index is -0.285. The highest BCUT2D eigenvalue weighted by atomic mass is 35.5. The van der Waals surface area contributed by atoms with Crippen LogP contribution in [-0.2, 0) is 9.53 Å². The largest absolute Gasteiger partial charge is 0.465 e. The predicted octanol–water partition coefficient (Wildman–Crippen LogP) is 2.04. The maximum atomic E-state index is 11.1. The van der Waals surface area contributed by atoms with Crippen molar-refractivity contribution in [1.82, 2.24) is 0 Å². The first-order chi connectivity index (χ1) is 5.65. The van der Waals surface area contributed by atoms with Crippen LogP contribution in [0.5, 0.6) is 0 Å². The second-order valence-electron chi connectivity index (χ2n) is 2.76. The average Bonchev–Trinajstić information content (AvgIpc) is 2.03. The molecule has 1 atom stereocenters. The molecule has 0 saturated heterocycles. The van der Waals surface area contributed by atoms with Crippen molar-refractivity contribution in [3.63, 3.8) is 0 Å². The van der Waals surface area contributed by atoms with Gasteiger partial charge >= 0.3 is 5.97 Å². The lowest BCUT2D eigenvalue weighted by Crippen LogP contribution is -2.11. The quantitative estimate of drug-likeness (QED) is 0.463. The monoisotopic (exact) mass is 186 g/mol. The number of methoxy groups -OCH3 is 1.